The highest BCUT2D eigenvalue weighted by atomic mass is 16.4. The number of aromatic nitrogens is 2. The van der Waals surface area contributed by atoms with Crippen LogP contribution in [0.15, 0.2) is 12.4 Å². The van der Waals surface area contributed by atoms with E-state index in [9.17, 15) is 9.59 Å². The first-order chi connectivity index (χ1) is 8.90. The number of hydrogen-bond acceptors (Lipinski definition) is 3. The second-order valence-corrected chi connectivity index (χ2v) is 4.74. The molecular formula is C12H20N4O3. The Morgan fingerprint density at radius 2 is 2.16 bits per heavy atom. The third-order valence-electron chi connectivity index (χ3n) is 2.61. The summed E-state index contributed by atoms with van der Waals surface area (Å²) in [7, 11) is 0. The van der Waals surface area contributed by atoms with Crippen LogP contribution in [-0.2, 0) is 11.3 Å². The van der Waals surface area contributed by atoms with Crippen molar-refractivity contribution in [3.8, 4) is 0 Å². The molecule has 3 N–H and O–H groups in total. The van der Waals surface area contributed by atoms with Crippen LogP contribution >= 0.6 is 0 Å². The predicted octanol–water partition coefficient (Wildman–Crippen LogP) is 0.600. The number of nitrogens with one attached hydrogen (secondary N) is 2. The molecule has 19 heavy (non-hydrogen) atoms. The number of amides is 2. The van der Waals surface area contributed by atoms with Crippen LogP contribution in [0, 0.1) is 12.8 Å². The first kappa shape index (κ1) is 15.0. The van der Waals surface area contributed by atoms with E-state index in [0.29, 0.717) is 13.1 Å². The molecule has 0 saturated carbocycles. The van der Waals surface area contributed by atoms with E-state index in [1.165, 1.54) is 0 Å². The summed E-state index contributed by atoms with van der Waals surface area (Å²) in [6, 6.07) is -1.36. The molecule has 0 aliphatic rings. The van der Waals surface area contributed by atoms with Gasteiger partial charge in [0.15, 0.2) is 0 Å². The third kappa shape index (κ3) is 4.99. The Morgan fingerprint density at radius 3 is 2.63 bits per heavy atom. The molecule has 1 rings (SSSR count). The van der Waals surface area contributed by atoms with Gasteiger partial charge in [-0.25, -0.2) is 9.59 Å². The quantitative estimate of drug-likeness (QED) is 0.704. The van der Waals surface area contributed by atoms with Gasteiger partial charge in [0.2, 0.25) is 0 Å². The molecule has 0 saturated heterocycles. The van der Waals surface area contributed by atoms with Crippen LogP contribution in [0.2, 0.25) is 0 Å². The SMILES string of the molecule is Cc1cnn(CCNC(=O)NC(C(=O)O)C(C)C)c1. The van der Waals surface area contributed by atoms with Crippen molar-refractivity contribution in [3.63, 3.8) is 0 Å². The fourth-order valence-electron chi connectivity index (χ4n) is 1.58. The number of carboxylic acids is 1. The lowest BCUT2D eigenvalue weighted by Gasteiger charge is -2.18. The van der Waals surface area contributed by atoms with Gasteiger partial charge in [0, 0.05) is 12.7 Å². The van der Waals surface area contributed by atoms with E-state index < -0.39 is 18.0 Å². The van der Waals surface area contributed by atoms with Gasteiger partial charge >= 0.3 is 12.0 Å². The largest absolute Gasteiger partial charge is 0.480 e. The van der Waals surface area contributed by atoms with E-state index in [1.54, 1.807) is 24.7 Å². The standard InChI is InChI=1S/C12H20N4O3/c1-8(2)10(11(17)18)15-12(19)13-4-5-16-7-9(3)6-14-16/h6-8,10H,4-5H2,1-3H3,(H,17,18)(H2,13,15,19). The third-order valence-corrected chi connectivity index (χ3v) is 2.61. The molecule has 1 aromatic heterocycles. The molecule has 1 unspecified atom stereocenters. The summed E-state index contributed by atoms with van der Waals surface area (Å²) in [5.41, 5.74) is 1.05. The molecule has 7 heteroatoms. The van der Waals surface area contributed by atoms with Gasteiger partial charge < -0.3 is 15.7 Å². The van der Waals surface area contributed by atoms with Crippen molar-refractivity contribution in [3.05, 3.63) is 18.0 Å². The monoisotopic (exact) mass is 268 g/mol. The van der Waals surface area contributed by atoms with Crippen molar-refractivity contribution >= 4 is 12.0 Å². The summed E-state index contributed by atoms with van der Waals surface area (Å²) in [5.74, 6) is -1.20. The number of urea groups is 1. The summed E-state index contributed by atoms with van der Waals surface area (Å²) in [5, 5.41) is 18.1. The number of nitrogens with zero attached hydrogens (tertiary/aromatic N) is 2. The molecule has 106 valence electrons. The van der Waals surface area contributed by atoms with Crippen LogP contribution in [0.5, 0.6) is 0 Å². The zero-order valence-electron chi connectivity index (χ0n) is 11.4. The van der Waals surface area contributed by atoms with Crippen molar-refractivity contribution in [2.24, 2.45) is 5.92 Å². The molecule has 0 bridgehead atoms. The normalized spacial score (nSPS) is 12.2. The van der Waals surface area contributed by atoms with Gasteiger partial charge in [-0.2, -0.15) is 5.10 Å². The summed E-state index contributed by atoms with van der Waals surface area (Å²) < 4.78 is 1.72. The lowest BCUT2D eigenvalue weighted by molar-refractivity contribution is -0.140. The van der Waals surface area contributed by atoms with Crippen molar-refractivity contribution in [1.82, 2.24) is 20.4 Å². The minimum Gasteiger partial charge on any atom is -0.480 e. The first-order valence-corrected chi connectivity index (χ1v) is 6.16. The number of hydrogen-bond donors (Lipinski definition) is 3. The van der Waals surface area contributed by atoms with Crippen LogP contribution in [0.1, 0.15) is 19.4 Å². The van der Waals surface area contributed by atoms with E-state index in [0.717, 1.165) is 5.56 Å². The lowest BCUT2D eigenvalue weighted by atomic mass is 10.1. The fraction of sp³-hybridized carbons (Fsp3) is 0.583. The molecule has 0 aliphatic heterocycles. The Hall–Kier alpha value is -2.05. The molecular weight excluding hydrogens is 248 g/mol. The lowest BCUT2D eigenvalue weighted by Crippen LogP contribution is -2.49. The highest BCUT2D eigenvalue weighted by molar-refractivity contribution is 5.82. The van der Waals surface area contributed by atoms with Gasteiger partial charge in [-0.3, -0.25) is 4.68 Å². The van der Waals surface area contributed by atoms with Gasteiger partial charge in [0.25, 0.3) is 0 Å². The average Bonchev–Trinajstić information content (AvgIpc) is 2.71. The molecule has 1 heterocycles. The smallest absolute Gasteiger partial charge is 0.326 e. The zero-order valence-corrected chi connectivity index (χ0v) is 11.4. The van der Waals surface area contributed by atoms with Gasteiger partial charge in [-0.1, -0.05) is 13.8 Å². The highest BCUT2D eigenvalue weighted by Gasteiger charge is 2.22. The molecule has 0 fully saturated rings. The second kappa shape index (κ2) is 6.77. The number of aryl methyl sites for hydroxylation is 1. The Kier molecular flexibility index (Phi) is 5.35. The first-order valence-electron chi connectivity index (χ1n) is 6.16. The number of carbonyl (C=O) groups is 2. The van der Waals surface area contributed by atoms with E-state index in [1.807, 2.05) is 13.1 Å². The molecule has 1 atom stereocenters. The summed E-state index contributed by atoms with van der Waals surface area (Å²) >= 11 is 0. The maximum atomic E-state index is 11.5. The maximum Gasteiger partial charge on any atom is 0.326 e. The predicted molar refractivity (Wildman–Crippen MR) is 69.8 cm³/mol. The Bertz CT molecular complexity index is 442. The summed E-state index contributed by atoms with van der Waals surface area (Å²) in [6.07, 6.45) is 3.60. The van der Waals surface area contributed by atoms with Crippen LogP contribution in [-0.4, -0.2) is 39.5 Å². The Balaban J connectivity index is 2.33. The van der Waals surface area contributed by atoms with Crippen LogP contribution in [0.25, 0.3) is 0 Å². The van der Waals surface area contributed by atoms with Crippen molar-refractivity contribution in [2.75, 3.05) is 6.54 Å². The molecule has 0 aromatic carbocycles. The zero-order chi connectivity index (χ0) is 14.4. The van der Waals surface area contributed by atoms with E-state index in [4.69, 9.17) is 5.11 Å². The fourth-order valence-corrected chi connectivity index (χ4v) is 1.58. The number of rotatable bonds is 6. The van der Waals surface area contributed by atoms with E-state index in [2.05, 4.69) is 15.7 Å². The van der Waals surface area contributed by atoms with Crippen LogP contribution in [0.3, 0.4) is 0 Å². The Labute approximate surface area is 112 Å². The molecule has 2 amide bonds. The van der Waals surface area contributed by atoms with Gasteiger partial charge in [-0.15, -0.1) is 0 Å². The van der Waals surface area contributed by atoms with Crippen molar-refractivity contribution < 1.29 is 14.7 Å². The highest BCUT2D eigenvalue weighted by Crippen LogP contribution is 2.01. The topological polar surface area (TPSA) is 96.3 Å². The van der Waals surface area contributed by atoms with Crippen LogP contribution < -0.4 is 10.6 Å². The molecule has 7 nitrogen and oxygen atoms in total. The minimum atomic E-state index is -1.03. The molecule has 0 radical (unpaired) electrons. The second-order valence-electron chi connectivity index (χ2n) is 4.74. The van der Waals surface area contributed by atoms with Crippen LogP contribution in [0.4, 0.5) is 4.79 Å². The molecule has 0 aliphatic carbocycles. The van der Waals surface area contributed by atoms with Crippen molar-refractivity contribution in [2.45, 2.75) is 33.4 Å². The van der Waals surface area contributed by atoms with Gasteiger partial charge in [0.1, 0.15) is 6.04 Å². The number of aliphatic carboxylic acids is 1. The number of carbonyl (C=O) groups excluding carboxylic acids is 1. The van der Waals surface area contributed by atoms with Gasteiger partial charge in [-0.05, 0) is 18.4 Å². The summed E-state index contributed by atoms with van der Waals surface area (Å²) in [6.45, 7) is 6.35. The van der Waals surface area contributed by atoms with Crippen molar-refractivity contribution in [1.29, 1.82) is 0 Å². The molecule has 0 spiro atoms. The number of carboxylic acid groups (broad SMARTS) is 1. The average molecular weight is 268 g/mol. The van der Waals surface area contributed by atoms with E-state index in [-0.39, 0.29) is 5.92 Å². The maximum absolute atomic E-state index is 11.5. The van der Waals surface area contributed by atoms with Gasteiger partial charge in [0.05, 0.1) is 12.7 Å². The molecule has 1 aromatic rings. The van der Waals surface area contributed by atoms with E-state index >= 15 is 0 Å². The summed E-state index contributed by atoms with van der Waals surface area (Å²) in [4.78, 5) is 22.5. The Morgan fingerprint density at radius 1 is 1.47 bits per heavy atom. The minimum absolute atomic E-state index is 0.169.